The average molecular weight is 721 g/mol. The van der Waals surface area contributed by atoms with Crippen LogP contribution >= 0.6 is 11.6 Å². The minimum absolute atomic E-state index is 0.0627. The van der Waals surface area contributed by atoms with E-state index in [9.17, 15) is 31.1 Å². The summed E-state index contributed by atoms with van der Waals surface area (Å²) in [5.74, 6) is -0.699. The largest absolute Gasteiger partial charge is 0.433 e. The lowest BCUT2D eigenvalue weighted by Crippen LogP contribution is -2.36. The molecule has 0 saturated carbocycles. The molecular weight excluding hydrogens is 689 g/mol. The highest BCUT2D eigenvalue weighted by Gasteiger charge is 2.45. The molecule has 0 aliphatic carbocycles. The number of aromatic nitrogens is 3. The Labute approximate surface area is 288 Å². The predicted molar refractivity (Wildman–Crippen MR) is 175 cm³/mol. The minimum Gasteiger partial charge on any atom is -0.433 e. The fraction of sp³-hybridized carbons (Fsp3) is 0.333. The molecule has 1 aliphatic heterocycles. The molecule has 0 saturated heterocycles. The molecule has 6 rings (SSSR count). The summed E-state index contributed by atoms with van der Waals surface area (Å²) in [6.45, 7) is 7.33. The number of benzene rings is 3. The van der Waals surface area contributed by atoms with Crippen molar-refractivity contribution in [3.63, 3.8) is 0 Å². The van der Waals surface area contributed by atoms with E-state index < -0.39 is 47.0 Å². The van der Waals surface area contributed by atoms with Crippen LogP contribution in [0.25, 0.3) is 27.8 Å². The molecule has 2 aromatic heterocycles. The van der Waals surface area contributed by atoms with Gasteiger partial charge < -0.3 is 4.74 Å². The van der Waals surface area contributed by atoms with Crippen LogP contribution in [0.2, 0.25) is 0 Å². The van der Waals surface area contributed by atoms with Gasteiger partial charge in [-0.2, -0.15) is 31.4 Å². The second kappa shape index (κ2) is 12.8. The summed E-state index contributed by atoms with van der Waals surface area (Å²) in [4.78, 5) is 14.4. The number of halogens is 8. The molecule has 264 valence electrons. The Kier molecular flexibility index (Phi) is 9.05. The molecule has 0 spiro atoms. The molecule has 0 bridgehead atoms. The van der Waals surface area contributed by atoms with Crippen LogP contribution in [-0.4, -0.2) is 31.4 Å². The van der Waals surface area contributed by atoms with Gasteiger partial charge in [0.15, 0.2) is 6.07 Å². The van der Waals surface area contributed by atoms with Gasteiger partial charge in [0, 0.05) is 35.8 Å². The lowest BCUT2D eigenvalue weighted by molar-refractivity contribution is -0.143. The highest BCUT2D eigenvalue weighted by atomic mass is 35.5. The maximum atomic E-state index is 15.4. The average Bonchev–Trinajstić information content (AvgIpc) is 3.73. The number of nitrogens with zero attached hydrogens (tertiary/aromatic N) is 4. The molecule has 50 heavy (non-hydrogen) atoms. The summed E-state index contributed by atoms with van der Waals surface area (Å²) in [5, 5.41) is 5.46. The predicted octanol–water partition coefficient (Wildman–Crippen LogP) is 10.2. The summed E-state index contributed by atoms with van der Waals surface area (Å²) >= 11 is 5.61. The standard InChI is InChI=1S/C36H32ClF7N4O2/c1-5-20-8-7-9-21(6-2)29(20)48-30(24-12-13-28(38)31-25(24)14-15-47(31)33(49)50-19-37)26-18-46(34(3,4)32(26)45-48)17-22-10-11-23(35(39,40)41)16-27(22)36(42,43)44/h7-16H,5-6,17-19H2,1-4H3. The van der Waals surface area contributed by atoms with Gasteiger partial charge in [-0.1, -0.05) is 49.7 Å². The van der Waals surface area contributed by atoms with Gasteiger partial charge in [-0.15, -0.1) is 0 Å². The van der Waals surface area contributed by atoms with Gasteiger partial charge in [-0.05, 0) is 73.7 Å². The summed E-state index contributed by atoms with van der Waals surface area (Å²) in [6, 6.07) is 11.5. The van der Waals surface area contributed by atoms with Gasteiger partial charge in [0.2, 0.25) is 0 Å². The van der Waals surface area contributed by atoms with Gasteiger partial charge >= 0.3 is 18.4 Å². The summed E-state index contributed by atoms with van der Waals surface area (Å²) < 4.78 is 106. The molecule has 6 nitrogen and oxygen atoms in total. The number of ether oxygens (including phenoxy) is 1. The molecule has 0 radical (unpaired) electrons. The minimum atomic E-state index is -5.03. The van der Waals surface area contributed by atoms with E-state index in [1.165, 1.54) is 12.3 Å². The number of hydrogen-bond donors (Lipinski definition) is 0. The van der Waals surface area contributed by atoms with Gasteiger partial charge in [0.05, 0.1) is 39.3 Å². The lowest BCUT2D eigenvalue weighted by atomic mass is 9.96. The third kappa shape index (κ3) is 5.93. The molecule has 3 aromatic carbocycles. The molecule has 0 unspecified atom stereocenters. The Morgan fingerprint density at radius 1 is 0.940 bits per heavy atom. The van der Waals surface area contributed by atoms with Gasteiger partial charge in [0.1, 0.15) is 5.82 Å². The van der Waals surface area contributed by atoms with E-state index in [0.717, 1.165) is 27.4 Å². The molecule has 0 amide bonds. The van der Waals surface area contributed by atoms with Crippen molar-refractivity contribution >= 4 is 28.6 Å². The van der Waals surface area contributed by atoms with Crippen LogP contribution in [0.15, 0.2) is 60.8 Å². The van der Waals surface area contributed by atoms with Gasteiger partial charge in [-0.25, -0.2) is 18.4 Å². The Morgan fingerprint density at radius 2 is 1.62 bits per heavy atom. The van der Waals surface area contributed by atoms with Crippen molar-refractivity contribution in [3.8, 4) is 16.9 Å². The van der Waals surface area contributed by atoms with Crippen molar-refractivity contribution in [1.29, 1.82) is 0 Å². The molecule has 0 atom stereocenters. The summed E-state index contributed by atoms with van der Waals surface area (Å²) in [6.07, 6.45) is -8.21. The third-order valence-corrected chi connectivity index (χ3v) is 9.52. The first-order chi connectivity index (χ1) is 23.5. The Hall–Kier alpha value is -4.36. The number of aryl methyl sites for hydroxylation is 2. The Bertz CT molecular complexity index is 2090. The molecule has 0 N–H and O–H groups in total. The smallest absolute Gasteiger partial charge is 0.419 e. The van der Waals surface area contributed by atoms with Crippen molar-refractivity contribution in [2.45, 2.75) is 71.5 Å². The normalized spacial score (nSPS) is 14.8. The van der Waals surface area contributed by atoms with Crippen molar-refractivity contribution in [2.24, 2.45) is 0 Å². The van der Waals surface area contributed by atoms with E-state index >= 15 is 4.39 Å². The molecule has 14 heteroatoms. The van der Waals surface area contributed by atoms with Crippen LogP contribution in [-0.2, 0) is 48.6 Å². The molecule has 1 aliphatic rings. The van der Waals surface area contributed by atoms with Gasteiger partial charge in [-0.3, -0.25) is 4.90 Å². The van der Waals surface area contributed by atoms with Crippen LogP contribution in [0.4, 0.5) is 35.5 Å². The van der Waals surface area contributed by atoms with Gasteiger partial charge in [0.25, 0.3) is 0 Å². The fourth-order valence-electron chi connectivity index (χ4n) is 6.86. The number of carbonyl (C=O) groups excluding carboxylic acids is 1. The summed E-state index contributed by atoms with van der Waals surface area (Å²) in [5.41, 5.74) is 0.860. The highest BCUT2D eigenvalue weighted by molar-refractivity contribution is 6.17. The molecular formula is C36H32ClF7N4O2. The van der Waals surface area contributed by atoms with Crippen LogP contribution in [0, 0.1) is 5.82 Å². The number of alkyl halides is 7. The molecule has 0 fully saturated rings. The maximum Gasteiger partial charge on any atom is 0.419 e. The second-order valence-electron chi connectivity index (χ2n) is 12.6. The number of para-hydroxylation sites is 1. The number of fused-ring (bicyclic) bond motifs is 2. The number of rotatable bonds is 7. The van der Waals surface area contributed by atoms with Crippen molar-refractivity contribution in [2.75, 3.05) is 6.07 Å². The monoisotopic (exact) mass is 720 g/mol. The molecule has 3 heterocycles. The molecule has 5 aromatic rings. The Morgan fingerprint density at radius 3 is 2.22 bits per heavy atom. The SMILES string of the molecule is CCc1cccc(CC)c1-n1nc2c(c1-c1ccc(F)c3c1ccn3C(=O)OCCl)CN(Cc1ccc(C(F)(F)F)cc1C(F)(F)F)C2(C)C. The third-order valence-electron chi connectivity index (χ3n) is 9.41. The van der Waals surface area contributed by atoms with Crippen LogP contribution < -0.4 is 0 Å². The van der Waals surface area contributed by atoms with E-state index in [4.69, 9.17) is 21.4 Å². The zero-order chi connectivity index (χ0) is 36.3. The van der Waals surface area contributed by atoms with E-state index in [0.29, 0.717) is 46.8 Å². The van der Waals surface area contributed by atoms with E-state index in [-0.39, 0.29) is 30.2 Å². The topological polar surface area (TPSA) is 52.3 Å². The maximum absolute atomic E-state index is 15.4. The van der Waals surface area contributed by atoms with Crippen molar-refractivity contribution in [1.82, 2.24) is 19.2 Å². The van der Waals surface area contributed by atoms with E-state index in [2.05, 4.69) is 0 Å². The lowest BCUT2D eigenvalue weighted by Gasteiger charge is -2.33. The van der Waals surface area contributed by atoms with Crippen LogP contribution in [0.1, 0.15) is 66.8 Å². The zero-order valence-corrected chi connectivity index (χ0v) is 28.2. The van der Waals surface area contributed by atoms with Crippen LogP contribution in [0.3, 0.4) is 0 Å². The summed E-state index contributed by atoms with van der Waals surface area (Å²) in [7, 11) is 0. The first-order valence-electron chi connectivity index (χ1n) is 15.8. The quantitative estimate of drug-likeness (QED) is 0.124. The zero-order valence-electron chi connectivity index (χ0n) is 27.4. The Balaban J connectivity index is 1.57. The second-order valence-corrected chi connectivity index (χ2v) is 12.8. The van der Waals surface area contributed by atoms with Crippen molar-refractivity contribution in [3.05, 3.63) is 106 Å². The number of carbonyl (C=O) groups is 1. The number of hydrogen-bond acceptors (Lipinski definition) is 4. The first kappa shape index (κ1) is 35.5. The fourth-order valence-corrected chi connectivity index (χ4v) is 6.96. The van der Waals surface area contributed by atoms with E-state index in [1.807, 2.05) is 32.0 Å². The van der Waals surface area contributed by atoms with Crippen molar-refractivity contribution < 1.29 is 40.3 Å². The highest BCUT2D eigenvalue weighted by Crippen LogP contribution is 2.47. The van der Waals surface area contributed by atoms with E-state index in [1.54, 1.807) is 35.6 Å². The van der Waals surface area contributed by atoms with Crippen LogP contribution in [0.5, 0.6) is 0 Å². The first-order valence-corrected chi connectivity index (χ1v) is 16.3.